The van der Waals surface area contributed by atoms with E-state index >= 15 is 0 Å². The molecule has 0 aliphatic carbocycles. The summed E-state index contributed by atoms with van der Waals surface area (Å²) in [5.41, 5.74) is 0.934. The lowest BCUT2D eigenvalue weighted by Gasteiger charge is -2.28. The number of thiophene rings is 1. The first-order valence-corrected chi connectivity index (χ1v) is 7.33. The van der Waals surface area contributed by atoms with Crippen molar-refractivity contribution in [2.45, 2.75) is 19.8 Å². The van der Waals surface area contributed by atoms with Crippen molar-refractivity contribution in [1.29, 1.82) is 0 Å². The van der Waals surface area contributed by atoms with E-state index in [1.54, 1.807) is 13.8 Å². The number of carbonyl (C=O) groups is 2. The minimum absolute atomic E-state index is 0.0345. The van der Waals surface area contributed by atoms with Gasteiger partial charge in [-0.2, -0.15) is 0 Å². The highest BCUT2D eigenvalue weighted by Crippen LogP contribution is 2.42. The average Bonchev–Trinajstić information content (AvgIpc) is 2.94. The lowest BCUT2D eigenvalue weighted by molar-refractivity contribution is -0.380. The molecule has 1 atom stereocenters. The highest BCUT2D eigenvalue weighted by atomic mass is 32.1. The average molecular weight is 338 g/mol. The minimum Gasteiger partial charge on any atom is -0.478 e. The first-order chi connectivity index (χ1) is 10.8. The molecule has 2 N–H and O–H groups in total. The van der Waals surface area contributed by atoms with Gasteiger partial charge in [-0.3, -0.25) is 10.1 Å². The number of nitrogens with one attached hydrogen (secondary N) is 1. The van der Waals surface area contributed by atoms with Crippen molar-refractivity contribution in [2.75, 3.05) is 7.11 Å². The van der Waals surface area contributed by atoms with Crippen LogP contribution in [-0.4, -0.2) is 29.1 Å². The molecule has 8 nitrogen and oxygen atoms in total. The van der Waals surface area contributed by atoms with Gasteiger partial charge >= 0.3 is 16.9 Å². The molecule has 1 aromatic rings. The Labute approximate surface area is 135 Å². The molecule has 0 bridgehead atoms. The SMILES string of the molecule is COC(=O)C1=C(C)NC(C)=C(C(=O)O)C1c1ccc([N+](=O)[O-])s1. The molecule has 1 unspecified atom stereocenters. The molecule has 2 heterocycles. The lowest BCUT2D eigenvalue weighted by atomic mass is 9.84. The fourth-order valence-corrected chi connectivity index (χ4v) is 3.48. The Hall–Kier alpha value is -2.68. The zero-order valence-electron chi connectivity index (χ0n) is 12.6. The third-order valence-corrected chi connectivity index (χ3v) is 4.57. The summed E-state index contributed by atoms with van der Waals surface area (Å²) >= 11 is 0.838. The molecule has 0 amide bonds. The summed E-state index contributed by atoms with van der Waals surface area (Å²) in [7, 11) is 1.20. The number of dihydropyridines is 1. The number of carbonyl (C=O) groups excluding carboxylic acids is 1. The van der Waals surface area contributed by atoms with Gasteiger partial charge in [0, 0.05) is 22.3 Å². The van der Waals surface area contributed by atoms with Crippen molar-refractivity contribution in [3.05, 3.63) is 49.7 Å². The van der Waals surface area contributed by atoms with Crippen LogP contribution in [0.15, 0.2) is 34.7 Å². The maximum Gasteiger partial charge on any atom is 0.336 e. The molecule has 9 heteroatoms. The second kappa shape index (κ2) is 6.21. The number of hydrogen-bond donors (Lipinski definition) is 2. The second-order valence-corrected chi connectivity index (χ2v) is 5.96. The van der Waals surface area contributed by atoms with Gasteiger partial charge in [-0.25, -0.2) is 9.59 Å². The minimum atomic E-state index is -1.20. The number of allylic oxidation sites excluding steroid dienone is 2. The zero-order chi connectivity index (χ0) is 17.3. The number of carboxylic acid groups (broad SMARTS) is 1. The summed E-state index contributed by atoms with van der Waals surface area (Å²) < 4.78 is 4.75. The Morgan fingerprint density at radius 2 is 1.91 bits per heavy atom. The Kier molecular flexibility index (Phi) is 4.50. The van der Waals surface area contributed by atoms with Crippen molar-refractivity contribution >= 4 is 28.3 Å². The quantitative estimate of drug-likeness (QED) is 0.490. The van der Waals surface area contributed by atoms with Crippen molar-refractivity contribution in [3.8, 4) is 0 Å². The number of hydrogen-bond acceptors (Lipinski definition) is 7. The topological polar surface area (TPSA) is 119 Å². The number of ether oxygens (including phenoxy) is 1. The van der Waals surface area contributed by atoms with Gasteiger partial charge in [0.25, 0.3) is 0 Å². The zero-order valence-corrected chi connectivity index (χ0v) is 13.4. The highest BCUT2D eigenvalue weighted by molar-refractivity contribution is 7.15. The van der Waals surface area contributed by atoms with E-state index in [9.17, 15) is 24.8 Å². The third-order valence-electron chi connectivity index (χ3n) is 3.47. The van der Waals surface area contributed by atoms with Crippen LogP contribution >= 0.6 is 11.3 Å². The van der Waals surface area contributed by atoms with Gasteiger partial charge in [0.1, 0.15) is 0 Å². The van der Waals surface area contributed by atoms with Crippen molar-refractivity contribution in [3.63, 3.8) is 0 Å². The molecule has 1 aromatic heterocycles. The fraction of sp³-hybridized carbons (Fsp3) is 0.286. The van der Waals surface area contributed by atoms with Crippen LogP contribution in [0, 0.1) is 10.1 Å². The van der Waals surface area contributed by atoms with E-state index < -0.39 is 22.8 Å². The summed E-state index contributed by atoms with van der Waals surface area (Å²) in [4.78, 5) is 34.5. The van der Waals surface area contributed by atoms with Gasteiger partial charge in [-0.15, -0.1) is 0 Å². The van der Waals surface area contributed by atoms with Crippen LogP contribution in [0.2, 0.25) is 0 Å². The second-order valence-electron chi connectivity index (χ2n) is 4.87. The smallest absolute Gasteiger partial charge is 0.336 e. The summed E-state index contributed by atoms with van der Waals surface area (Å²) in [5, 5.41) is 23.1. The third kappa shape index (κ3) is 2.95. The van der Waals surface area contributed by atoms with E-state index in [0.29, 0.717) is 16.3 Å². The number of carboxylic acids is 1. The maximum absolute atomic E-state index is 12.1. The molecule has 0 saturated heterocycles. The standard InChI is InChI=1S/C14H14N2O6S/c1-6-10(13(17)18)12(8-4-5-9(23-8)16(20)21)11(7(2)15-6)14(19)22-3/h4-5,12,15H,1-3H3,(H,17,18). The van der Waals surface area contributed by atoms with Gasteiger partial charge in [0.2, 0.25) is 0 Å². The van der Waals surface area contributed by atoms with Crippen LogP contribution in [0.4, 0.5) is 5.00 Å². The van der Waals surface area contributed by atoms with E-state index in [1.165, 1.54) is 19.2 Å². The van der Waals surface area contributed by atoms with Crippen molar-refractivity contribution in [2.24, 2.45) is 0 Å². The van der Waals surface area contributed by atoms with Crippen LogP contribution in [0.3, 0.4) is 0 Å². The number of nitrogens with zero attached hydrogens (tertiary/aromatic N) is 1. The highest BCUT2D eigenvalue weighted by Gasteiger charge is 2.38. The van der Waals surface area contributed by atoms with Gasteiger partial charge in [-0.1, -0.05) is 11.3 Å². The van der Waals surface area contributed by atoms with E-state index in [-0.39, 0.29) is 16.1 Å². The van der Waals surface area contributed by atoms with Crippen molar-refractivity contribution < 1.29 is 24.4 Å². The van der Waals surface area contributed by atoms with E-state index in [1.807, 2.05) is 0 Å². The van der Waals surface area contributed by atoms with Crippen LogP contribution in [0.25, 0.3) is 0 Å². The maximum atomic E-state index is 12.1. The van der Waals surface area contributed by atoms with E-state index in [4.69, 9.17) is 4.74 Å². The Morgan fingerprint density at radius 1 is 1.30 bits per heavy atom. The molecule has 122 valence electrons. The fourth-order valence-electron chi connectivity index (χ4n) is 2.54. The predicted octanol–water partition coefficient (Wildman–Crippen LogP) is 2.15. The van der Waals surface area contributed by atoms with Gasteiger partial charge in [0.05, 0.1) is 29.1 Å². The van der Waals surface area contributed by atoms with Crippen LogP contribution < -0.4 is 5.32 Å². The number of aliphatic carboxylic acids is 1. The molecule has 1 aliphatic heterocycles. The van der Waals surface area contributed by atoms with Crippen LogP contribution in [0.1, 0.15) is 24.6 Å². The van der Waals surface area contributed by atoms with E-state index in [2.05, 4.69) is 5.32 Å². The predicted molar refractivity (Wildman–Crippen MR) is 81.9 cm³/mol. The number of nitro groups is 1. The lowest BCUT2D eigenvalue weighted by Crippen LogP contribution is -2.31. The first-order valence-electron chi connectivity index (χ1n) is 6.52. The van der Waals surface area contributed by atoms with Gasteiger partial charge in [-0.05, 0) is 19.9 Å². The number of methoxy groups -OCH3 is 1. The molecular weight excluding hydrogens is 324 g/mol. The summed E-state index contributed by atoms with van der Waals surface area (Å²) in [6.45, 7) is 3.21. The molecule has 1 aliphatic rings. The Morgan fingerprint density at radius 3 is 2.39 bits per heavy atom. The Bertz CT molecular complexity index is 761. The van der Waals surface area contributed by atoms with Crippen LogP contribution in [0.5, 0.6) is 0 Å². The molecule has 0 radical (unpaired) electrons. The molecule has 0 aromatic carbocycles. The largest absolute Gasteiger partial charge is 0.478 e. The van der Waals surface area contributed by atoms with Gasteiger partial charge < -0.3 is 15.2 Å². The van der Waals surface area contributed by atoms with Gasteiger partial charge in [0.15, 0.2) is 0 Å². The van der Waals surface area contributed by atoms with Crippen molar-refractivity contribution in [1.82, 2.24) is 5.32 Å². The normalized spacial score (nSPS) is 17.8. The Balaban J connectivity index is 2.66. The van der Waals surface area contributed by atoms with Crippen LogP contribution in [-0.2, 0) is 14.3 Å². The molecule has 23 heavy (non-hydrogen) atoms. The monoisotopic (exact) mass is 338 g/mol. The molecular formula is C14H14N2O6S. The summed E-state index contributed by atoms with van der Waals surface area (Å²) in [5.74, 6) is -2.80. The summed E-state index contributed by atoms with van der Waals surface area (Å²) in [6.07, 6.45) is 0. The molecule has 0 fully saturated rings. The molecule has 0 saturated carbocycles. The number of esters is 1. The molecule has 2 rings (SSSR count). The molecule has 0 spiro atoms. The first kappa shape index (κ1) is 16.7. The number of rotatable bonds is 4. The van der Waals surface area contributed by atoms with E-state index in [0.717, 1.165) is 11.3 Å². The summed E-state index contributed by atoms with van der Waals surface area (Å²) in [6, 6.07) is 2.76.